The molecule has 6 heteroatoms. The molecule has 0 saturated heterocycles. The van der Waals surface area contributed by atoms with Crippen LogP contribution in [0, 0.1) is 0 Å². The molecule has 1 atom stereocenters. The Balaban J connectivity index is 2.03. The Labute approximate surface area is 128 Å². The summed E-state index contributed by atoms with van der Waals surface area (Å²) < 4.78 is 5.17. The van der Waals surface area contributed by atoms with Crippen molar-refractivity contribution in [3.8, 4) is 5.75 Å². The molecule has 3 N–H and O–H groups in total. The first kappa shape index (κ1) is 16.2. The van der Waals surface area contributed by atoms with Gasteiger partial charge in [-0.1, -0.05) is 12.1 Å². The Bertz CT molecular complexity index is 625. The van der Waals surface area contributed by atoms with E-state index in [0.29, 0.717) is 5.75 Å². The zero-order valence-corrected chi connectivity index (χ0v) is 12.8. The van der Waals surface area contributed by atoms with Gasteiger partial charge in [-0.05, 0) is 38.5 Å². The molecule has 0 bridgehead atoms. The van der Waals surface area contributed by atoms with Crippen molar-refractivity contribution in [3.63, 3.8) is 0 Å². The van der Waals surface area contributed by atoms with Gasteiger partial charge in [-0.25, -0.2) is 9.78 Å². The van der Waals surface area contributed by atoms with Crippen LogP contribution in [0.3, 0.4) is 0 Å². The molecule has 1 unspecified atom stereocenters. The number of esters is 1. The fourth-order valence-corrected chi connectivity index (χ4v) is 1.82. The van der Waals surface area contributed by atoms with Gasteiger partial charge < -0.3 is 19.9 Å². The summed E-state index contributed by atoms with van der Waals surface area (Å²) in [5.41, 5.74) is -1.67. The molecule has 1 heterocycles. The second kappa shape index (κ2) is 5.90. The van der Waals surface area contributed by atoms with Gasteiger partial charge in [0.25, 0.3) is 0 Å². The smallest absolute Gasteiger partial charge is 0.379 e. The van der Waals surface area contributed by atoms with Crippen molar-refractivity contribution in [2.45, 2.75) is 38.4 Å². The third-order valence-corrected chi connectivity index (χ3v) is 3.69. The van der Waals surface area contributed by atoms with Gasteiger partial charge in [-0.15, -0.1) is 0 Å². The van der Waals surface area contributed by atoms with Crippen molar-refractivity contribution in [1.29, 1.82) is 0 Å². The molecule has 2 rings (SSSR count). The van der Waals surface area contributed by atoms with Crippen molar-refractivity contribution in [2.75, 3.05) is 0 Å². The quantitative estimate of drug-likeness (QED) is 0.577. The molecular weight excluding hydrogens is 284 g/mol. The van der Waals surface area contributed by atoms with Gasteiger partial charge in [0, 0.05) is 18.8 Å². The number of carbonyl (C=O) groups is 1. The van der Waals surface area contributed by atoms with Crippen LogP contribution in [0.5, 0.6) is 5.75 Å². The predicted octanol–water partition coefficient (Wildman–Crippen LogP) is 1.69. The lowest BCUT2D eigenvalue weighted by molar-refractivity contribution is -0.118. The van der Waals surface area contributed by atoms with E-state index in [4.69, 9.17) is 4.74 Å². The number of rotatable bonds is 5. The van der Waals surface area contributed by atoms with E-state index in [-0.39, 0.29) is 12.2 Å². The number of aromatic amines is 1. The van der Waals surface area contributed by atoms with Crippen LogP contribution in [-0.2, 0) is 6.42 Å². The number of aromatic nitrogens is 2. The first-order chi connectivity index (χ1) is 10.2. The maximum atomic E-state index is 11.7. The number of aliphatic hydroxyl groups is 2. The number of H-pyrrole nitrogens is 1. The number of ether oxygens (including phenoxy) is 1. The molecule has 0 aliphatic carbocycles. The van der Waals surface area contributed by atoms with Gasteiger partial charge in [0.2, 0.25) is 5.82 Å². The van der Waals surface area contributed by atoms with E-state index in [1.54, 1.807) is 51.2 Å². The standard InChI is InChI=1S/C16H20N2O4/c1-15(2,20)16(3,21)10-11-4-6-12(7-5-11)22-14(19)13-17-8-9-18-13/h4-9,20-21H,10H2,1-3H3,(H,17,18). The van der Waals surface area contributed by atoms with Gasteiger partial charge in [0.05, 0.1) is 11.2 Å². The van der Waals surface area contributed by atoms with E-state index in [9.17, 15) is 15.0 Å². The zero-order chi connectivity index (χ0) is 16.4. The van der Waals surface area contributed by atoms with Crippen LogP contribution in [0.4, 0.5) is 0 Å². The number of nitrogens with zero attached hydrogens (tertiary/aromatic N) is 1. The molecule has 0 aliphatic heterocycles. The lowest BCUT2D eigenvalue weighted by Crippen LogP contribution is -2.49. The van der Waals surface area contributed by atoms with Crippen LogP contribution in [0.25, 0.3) is 0 Å². The Hall–Kier alpha value is -2.18. The molecule has 0 saturated carbocycles. The maximum Gasteiger partial charge on any atom is 0.379 e. The molecule has 22 heavy (non-hydrogen) atoms. The Kier molecular flexibility index (Phi) is 4.35. The summed E-state index contributed by atoms with van der Waals surface area (Å²) in [5.74, 6) is -0.0525. The molecule has 0 amide bonds. The highest BCUT2D eigenvalue weighted by Gasteiger charge is 2.37. The number of hydrogen-bond donors (Lipinski definition) is 3. The Morgan fingerprint density at radius 3 is 2.36 bits per heavy atom. The number of nitrogens with one attached hydrogen (secondary N) is 1. The number of carbonyl (C=O) groups excluding carboxylic acids is 1. The summed E-state index contributed by atoms with van der Waals surface area (Å²) in [5, 5.41) is 20.3. The van der Waals surface area contributed by atoms with Crippen molar-refractivity contribution in [1.82, 2.24) is 9.97 Å². The highest BCUT2D eigenvalue weighted by atomic mass is 16.5. The fourth-order valence-electron chi connectivity index (χ4n) is 1.82. The first-order valence-corrected chi connectivity index (χ1v) is 6.94. The van der Waals surface area contributed by atoms with E-state index in [2.05, 4.69) is 9.97 Å². The second-order valence-corrected chi connectivity index (χ2v) is 5.98. The summed E-state index contributed by atoms with van der Waals surface area (Å²) in [7, 11) is 0. The molecule has 0 radical (unpaired) electrons. The van der Waals surface area contributed by atoms with Gasteiger partial charge in [0.1, 0.15) is 5.75 Å². The molecule has 6 nitrogen and oxygen atoms in total. The number of benzene rings is 1. The van der Waals surface area contributed by atoms with Crippen LogP contribution in [0.1, 0.15) is 37.0 Å². The average Bonchev–Trinajstić information content (AvgIpc) is 2.93. The minimum Gasteiger partial charge on any atom is -0.421 e. The maximum absolute atomic E-state index is 11.7. The van der Waals surface area contributed by atoms with Crippen LogP contribution >= 0.6 is 0 Å². The van der Waals surface area contributed by atoms with Crippen molar-refractivity contribution < 1.29 is 19.7 Å². The van der Waals surface area contributed by atoms with E-state index >= 15 is 0 Å². The normalized spacial score (nSPS) is 14.4. The molecule has 2 aromatic rings. The molecule has 0 spiro atoms. The van der Waals surface area contributed by atoms with E-state index in [1.165, 1.54) is 6.20 Å². The molecule has 1 aromatic carbocycles. The average molecular weight is 304 g/mol. The first-order valence-electron chi connectivity index (χ1n) is 6.94. The SMILES string of the molecule is CC(C)(O)C(C)(O)Cc1ccc(OC(=O)c2ncc[nH]2)cc1. The van der Waals surface area contributed by atoms with Gasteiger partial charge >= 0.3 is 5.97 Å². The monoisotopic (exact) mass is 304 g/mol. The second-order valence-electron chi connectivity index (χ2n) is 5.98. The zero-order valence-electron chi connectivity index (χ0n) is 12.8. The number of imidazole rings is 1. The minimum atomic E-state index is -1.26. The largest absolute Gasteiger partial charge is 0.421 e. The highest BCUT2D eigenvalue weighted by molar-refractivity contribution is 5.86. The van der Waals surface area contributed by atoms with Crippen LogP contribution in [0.15, 0.2) is 36.7 Å². The van der Waals surface area contributed by atoms with E-state index < -0.39 is 17.2 Å². The third kappa shape index (κ3) is 3.72. The van der Waals surface area contributed by atoms with Crippen molar-refractivity contribution >= 4 is 5.97 Å². The summed E-state index contributed by atoms with van der Waals surface area (Å²) in [6, 6.07) is 6.75. The minimum absolute atomic E-state index is 0.133. The molecule has 118 valence electrons. The number of hydrogen-bond acceptors (Lipinski definition) is 5. The van der Waals surface area contributed by atoms with Crippen LogP contribution < -0.4 is 4.74 Å². The van der Waals surface area contributed by atoms with Crippen molar-refractivity contribution in [3.05, 3.63) is 48.0 Å². The highest BCUT2D eigenvalue weighted by Crippen LogP contribution is 2.26. The topological polar surface area (TPSA) is 95.4 Å². The molecular formula is C16H20N2O4. The van der Waals surface area contributed by atoms with Crippen LogP contribution in [0.2, 0.25) is 0 Å². The van der Waals surface area contributed by atoms with Gasteiger partial charge in [-0.2, -0.15) is 0 Å². The van der Waals surface area contributed by atoms with Gasteiger partial charge in [-0.3, -0.25) is 0 Å². The Morgan fingerprint density at radius 2 is 1.86 bits per heavy atom. The van der Waals surface area contributed by atoms with Crippen molar-refractivity contribution in [2.24, 2.45) is 0 Å². The summed E-state index contributed by atoms with van der Waals surface area (Å²) in [6.07, 6.45) is 3.29. The molecule has 0 aliphatic rings. The van der Waals surface area contributed by atoms with Gasteiger partial charge in [0.15, 0.2) is 0 Å². The fraction of sp³-hybridized carbons (Fsp3) is 0.375. The summed E-state index contributed by atoms with van der Waals surface area (Å²) >= 11 is 0. The summed E-state index contributed by atoms with van der Waals surface area (Å²) in [4.78, 5) is 18.2. The molecule has 0 fully saturated rings. The lowest BCUT2D eigenvalue weighted by Gasteiger charge is -2.35. The Morgan fingerprint density at radius 1 is 1.23 bits per heavy atom. The molecule has 1 aromatic heterocycles. The lowest BCUT2D eigenvalue weighted by atomic mass is 9.82. The van der Waals surface area contributed by atoms with E-state index in [0.717, 1.165) is 5.56 Å². The van der Waals surface area contributed by atoms with Crippen LogP contribution in [-0.4, -0.2) is 37.4 Å². The third-order valence-electron chi connectivity index (χ3n) is 3.69. The predicted molar refractivity (Wildman–Crippen MR) is 80.6 cm³/mol. The summed E-state index contributed by atoms with van der Waals surface area (Å²) in [6.45, 7) is 4.71. The van der Waals surface area contributed by atoms with E-state index in [1.807, 2.05) is 0 Å².